The van der Waals surface area contributed by atoms with Crippen LogP contribution in [-0.2, 0) is 25.7 Å². The van der Waals surface area contributed by atoms with Crippen molar-refractivity contribution in [2.75, 3.05) is 6.54 Å². The molecule has 0 atom stereocenters. The molecule has 0 fully saturated rings. The third-order valence-electron chi connectivity index (χ3n) is 3.65. The number of fused-ring (bicyclic) bond motifs is 1. The fraction of sp³-hybridized carbons (Fsp3) is 0.357. The molecule has 1 aliphatic heterocycles. The SMILES string of the molecule is O=c1[nH]c(C(F)(F)F)nc2c1CN(Cc1cccnc1Cl)CC2. The summed E-state index contributed by atoms with van der Waals surface area (Å²) in [5, 5.41) is 0.373. The molecule has 3 heterocycles. The largest absolute Gasteiger partial charge is 0.449 e. The quantitative estimate of drug-likeness (QED) is 0.850. The average molecular weight is 345 g/mol. The molecule has 0 bridgehead atoms. The number of nitrogens with zero attached hydrogens (tertiary/aromatic N) is 3. The first-order chi connectivity index (χ1) is 10.8. The molecule has 5 nitrogen and oxygen atoms in total. The molecule has 2 aromatic heterocycles. The van der Waals surface area contributed by atoms with E-state index >= 15 is 0 Å². The van der Waals surface area contributed by atoms with E-state index in [4.69, 9.17) is 11.6 Å². The maximum absolute atomic E-state index is 12.7. The summed E-state index contributed by atoms with van der Waals surface area (Å²) in [6.07, 6.45) is -2.81. The van der Waals surface area contributed by atoms with Gasteiger partial charge in [0.15, 0.2) is 0 Å². The van der Waals surface area contributed by atoms with Gasteiger partial charge in [-0.2, -0.15) is 13.2 Å². The lowest BCUT2D eigenvalue weighted by Crippen LogP contribution is -2.36. The monoisotopic (exact) mass is 344 g/mol. The van der Waals surface area contributed by atoms with Gasteiger partial charge in [-0.05, 0) is 6.07 Å². The first-order valence-electron chi connectivity index (χ1n) is 6.85. The van der Waals surface area contributed by atoms with E-state index in [0.717, 1.165) is 5.56 Å². The van der Waals surface area contributed by atoms with Crippen molar-refractivity contribution in [2.45, 2.75) is 25.7 Å². The molecular formula is C14H12ClF3N4O. The van der Waals surface area contributed by atoms with Gasteiger partial charge in [-0.3, -0.25) is 9.69 Å². The first kappa shape index (κ1) is 15.9. The number of halogens is 4. The number of hydrogen-bond donors (Lipinski definition) is 1. The van der Waals surface area contributed by atoms with E-state index in [1.165, 1.54) is 0 Å². The molecule has 0 aromatic carbocycles. The summed E-state index contributed by atoms with van der Waals surface area (Å²) >= 11 is 6.00. The molecule has 0 saturated carbocycles. The highest BCUT2D eigenvalue weighted by atomic mass is 35.5. The molecule has 9 heteroatoms. The lowest BCUT2D eigenvalue weighted by molar-refractivity contribution is -0.145. The Kier molecular flexibility index (Phi) is 4.11. The van der Waals surface area contributed by atoms with Gasteiger partial charge < -0.3 is 4.98 Å². The second-order valence-corrected chi connectivity index (χ2v) is 5.61. The third-order valence-corrected chi connectivity index (χ3v) is 3.99. The molecule has 2 aromatic rings. The zero-order chi connectivity index (χ0) is 16.6. The van der Waals surface area contributed by atoms with Crippen LogP contribution in [0, 0.1) is 0 Å². The molecule has 0 amide bonds. The maximum Gasteiger partial charge on any atom is 0.449 e. The van der Waals surface area contributed by atoms with Crippen LogP contribution in [0.1, 0.15) is 22.6 Å². The Labute approximate surface area is 134 Å². The molecule has 1 N–H and O–H groups in total. The van der Waals surface area contributed by atoms with Crippen LogP contribution in [0.15, 0.2) is 23.1 Å². The van der Waals surface area contributed by atoms with E-state index in [-0.39, 0.29) is 24.2 Å². The Morgan fingerprint density at radius 1 is 1.39 bits per heavy atom. The van der Waals surface area contributed by atoms with Crippen LogP contribution in [0.2, 0.25) is 5.15 Å². The van der Waals surface area contributed by atoms with Gasteiger partial charge in [-0.25, -0.2) is 9.97 Å². The van der Waals surface area contributed by atoms with E-state index < -0.39 is 17.6 Å². The molecule has 23 heavy (non-hydrogen) atoms. The van der Waals surface area contributed by atoms with Crippen LogP contribution in [0.25, 0.3) is 0 Å². The van der Waals surface area contributed by atoms with Crippen LogP contribution in [0.5, 0.6) is 0 Å². The number of hydrogen-bond acceptors (Lipinski definition) is 4. The zero-order valence-electron chi connectivity index (χ0n) is 11.8. The highest BCUT2D eigenvalue weighted by Crippen LogP contribution is 2.27. The molecule has 122 valence electrons. The van der Waals surface area contributed by atoms with Gasteiger partial charge in [0.2, 0.25) is 5.82 Å². The van der Waals surface area contributed by atoms with E-state index in [9.17, 15) is 18.0 Å². The number of alkyl halides is 3. The molecule has 0 unspecified atom stereocenters. The highest BCUT2D eigenvalue weighted by molar-refractivity contribution is 6.30. The summed E-state index contributed by atoms with van der Waals surface area (Å²) in [5.74, 6) is -1.25. The summed E-state index contributed by atoms with van der Waals surface area (Å²) in [7, 11) is 0. The van der Waals surface area contributed by atoms with Crippen molar-refractivity contribution in [3.8, 4) is 0 Å². The third kappa shape index (κ3) is 3.37. The number of aromatic amines is 1. The second-order valence-electron chi connectivity index (χ2n) is 5.25. The van der Waals surface area contributed by atoms with Crippen molar-refractivity contribution in [1.29, 1.82) is 0 Å². The molecule has 3 rings (SSSR count). The summed E-state index contributed by atoms with van der Waals surface area (Å²) in [4.78, 5) is 23.2. The minimum absolute atomic E-state index is 0.203. The predicted molar refractivity (Wildman–Crippen MR) is 76.9 cm³/mol. The van der Waals surface area contributed by atoms with Crippen LogP contribution >= 0.6 is 11.6 Å². The van der Waals surface area contributed by atoms with Crippen molar-refractivity contribution in [3.63, 3.8) is 0 Å². The molecular weight excluding hydrogens is 333 g/mol. The van der Waals surface area contributed by atoms with E-state index in [1.807, 2.05) is 16.0 Å². The topological polar surface area (TPSA) is 61.9 Å². The number of pyridine rings is 1. The Morgan fingerprint density at radius 2 is 2.17 bits per heavy atom. The second kappa shape index (κ2) is 5.93. The zero-order valence-corrected chi connectivity index (χ0v) is 12.6. The van der Waals surface area contributed by atoms with Crippen molar-refractivity contribution in [2.24, 2.45) is 0 Å². The summed E-state index contributed by atoms with van der Waals surface area (Å²) in [6.45, 7) is 1.18. The molecule has 0 spiro atoms. The Balaban J connectivity index is 1.84. The van der Waals surface area contributed by atoms with Crippen LogP contribution in [0.4, 0.5) is 13.2 Å². The van der Waals surface area contributed by atoms with Gasteiger partial charge in [0.05, 0.1) is 11.3 Å². The van der Waals surface area contributed by atoms with E-state index in [1.54, 1.807) is 12.3 Å². The first-order valence-corrected chi connectivity index (χ1v) is 7.23. The van der Waals surface area contributed by atoms with E-state index in [0.29, 0.717) is 18.2 Å². The number of aromatic nitrogens is 3. The van der Waals surface area contributed by atoms with Crippen LogP contribution in [-0.4, -0.2) is 26.4 Å². The Hall–Kier alpha value is -1.93. The molecule has 0 saturated heterocycles. The number of nitrogens with one attached hydrogen (secondary N) is 1. The van der Waals surface area contributed by atoms with Crippen molar-refractivity contribution >= 4 is 11.6 Å². The summed E-state index contributed by atoms with van der Waals surface area (Å²) in [6, 6.07) is 3.57. The predicted octanol–water partition coefficient (Wildman–Crippen LogP) is 2.40. The van der Waals surface area contributed by atoms with Crippen molar-refractivity contribution < 1.29 is 13.2 Å². The van der Waals surface area contributed by atoms with Gasteiger partial charge in [0, 0.05) is 37.8 Å². The molecule has 1 aliphatic rings. The summed E-state index contributed by atoms with van der Waals surface area (Å²) < 4.78 is 38.0. The van der Waals surface area contributed by atoms with Gasteiger partial charge in [-0.1, -0.05) is 17.7 Å². The number of H-pyrrole nitrogens is 1. The van der Waals surface area contributed by atoms with Gasteiger partial charge >= 0.3 is 6.18 Å². The van der Waals surface area contributed by atoms with E-state index in [2.05, 4.69) is 9.97 Å². The van der Waals surface area contributed by atoms with Gasteiger partial charge in [0.25, 0.3) is 5.56 Å². The average Bonchev–Trinajstić information content (AvgIpc) is 2.49. The fourth-order valence-corrected chi connectivity index (χ4v) is 2.71. The van der Waals surface area contributed by atoms with Crippen LogP contribution in [0.3, 0.4) is 0 Å². The van der Waals surface area contributed by atoms with Gasteiger partial charge in [0.1, 0.15) is 5.15 Å². The lowest BCUT2D eigenvalue weighted by atomic mass is 10.1. The smallest absolute Gasteiger partial charge is 0.303 e. The number of rotatable bonds is 2. The Morgan fingerprint density at radius 3 is 2.87 bits per heavy atom. The standard InChI is InChI=1S/C14H12ClF3N4O/c15-11-8(2-1-4-19-11)6-22-5-3-10-9(7-22)12(23)21-13(20-10)14(16,17)18/h1-2,4H,3,5-7H2,(H,20,21,23). The Bertz CT molecular complexity index is 790. The summed E-state index contributed by atoms with van der Waals surface area (Å²) in [5.41, 5.74) is 0.525. The van der Waals surface area contributed by atoms with Crippen LogP contribution < -0.4 is 5.56 Å². The highest BCUT2D eigenvalue weighted by Gasteiger charge is 2.35. The molecule has 0 aliphatic carbocycles. The molecule has 0 radical (unpaired) electrons. The minimum atomic E-state index is -4.66. The normalized spacial score (nSPS) is 15.5. The minimum Gasteiger partial charge on any atom is -0.303 e. The maximum atomic E-state index is 12.7. The van der Waals surface area contributed by atoms with Crippen molar-refractivity contribution in [1.82, 2.24) is 19.9 Å². The fourth-order valence-electron chi connectivity index (χ4n) is 2.53. The van der Waals surface area contributed by atoms with Crippen molar-refractivity contribution in [3.05, 3.63) is 56.5 Å². The van der Waals surface area contributed by atoms with Gasteiger partial charge in [-0.15, -0.1) is 0 Å². The lowest BCUT2D eigenvalue weighted by Gasteiger charge is -2.27.